The van der Waals surface area contributed by atoms with Gasteiger partial charge in [-0.3, -0.25) is 4.79 Å². The van der Waals surface area contributed by atoms with E-state index < -0.39 is 0 Å². The van der Waals surface area contributed by atoms with Gasteiger partial charge in [-0.2, -0.15) is 0 Å². The molecule has 0 unspecified atom stereocenters. The molecular weight excluding hydrogens is 290 g/mol. The van der Waals surface area contributed by atoms with Crippen molar-refractivity contribution in [2.24, 2.45) is 5.92 Å². The van der Waals surface area contributed by atoms with Crippen LogP contribution >= 0.6 is 11.6 Å². The van der Waals surface area contributed by atoms with Gasteiger partial charge in [0, 0.05) is 25.9 Å². The number of carbonyl (C=O) groups is 1. The first-order valence-electron chi connectivity index (χ1n) is 7.30. The number of anilines is 1. The number of hydrogen-bond donors (Lipinski definition) is 2. The van der Waals surface area contributed by atoms with Crippen LogP contribution in [0.4, 0.5) is 5.82 Å². The van der Waals surface area contributed by atoms with Gasteiger partial charge in [-0.25, -0.2) is 4.98 Å². The third kappa shape index (κ3) is 6.78. The van der Waals surface area contributed by atoms with E-state index in [0.717, 1.165) is 19.6 Å². The van der Waals surface area contributed by atoms with Crippen molar-refractivity contribution in [3.05, 3.63) is 22.8 Å². The number of pyridine rings is 1. The van der Waals surface area contributed by atoms with Crippen LogP contribution in [0.5, 0.6) is 0 Å². The van der Waals surface area contributed by atoms with Crippen molar-refractivity contribution in [2.45, 2.75) is 27.2 Å². The van der Waals surface area contributed by atoms with Crippen LogP contribution in [0.1, 0.15) is 37.6 Å². The molecule has 0 saturated heterocycles. The van der Waals surface area contributed by atoms with Crippen molar-refractivity contribution in [2.75, 3.05) is 31.6 Å². The Morgan fingerprint density at radius 2 is 2.19 bits per heavy atom. The van der Waals surface area contributed by atoms with Crippen LogP contribution in [0.2, 0.25) is 5.02 Å². The first-order valence-corrected chi connectivity index (χ1v) is 7.67. The summed E-state index contributed by atoms with van der Waals surface area (Å²) in [5, 5.41) is 6.25. The molecule has 0 aliphatic rings. The lowest BCUT2D eigenvalue weighted by Gasteiger charge is -2.09. The van der Waals surface area contributed by atoms with Crippen molar-refractivity contribution >= 4 is 23.3 Å². The predicted octanol–water partition coefficient (Wildman–Crippen LogP) is 2.96. The molecule has 0 fully saturated rings. The average molecular weight is 314 g/mol. The van der Waals surface area contributed by atoms with E-state index in [1.807, 2.05) is 6.92 Å². The highest BCUT2D eigenvalue weighted by Gasteiger charge is 2.09. The molecule has 0 radical (unpaired) electrons. The van der Waals surface area contributed by atoms with E-state index >= 15 is 0 Å². The van der Waals surface area contributed by atoms with Crippen LogP contribution in [0.25, 0.3) is 0 Å². The minimum absolute atomic E-state index is 0.195. The van der Waals surface area contributed by atoms with Crippen molar-refractivity contribution in [1.29, 1.82) is 0 Å². The maximum atomic E-state index is 11.9. The molecule has 1 rings (SSSR count). The third-order valence-electron chi connectivity index (χ3n) is 2.82. The molecule has 1 heterocycles. The molecule has 1 aromatic heterocycles. The Hall–Kier alpha value is -1.33. The number of amides is 1. The maximum Gasteiger partial charge on any atom is 0.252 e. The molecule has 118 valence electrons. The number of nitrogens with zero attached hydrogens (tertiary/aromatic N) is 1. The molecule has 1 amide bonds. The van der Waals surface area contributed by atoms with Gasteiger partial charge in [0.05, 0.1) is 17.2 Å². The van der Waals surface area contributed by atoms with Crippen molar-refractivity contribution < 1.29 is 9.53 Å². The Morgan fingerprint density at radius 1 is 1.43 bits per heavy atom. The Kier molecular flexibility index (Phi) is 8.08. The number of ether oxygens (including phenoxy) is 1. The van der Waals surface area contributed by atoms with Gasteiger partial charge in [-0.1, -0.05) is 25.4 Å². The molecule has 0 atom stereocenters. The first-order chi connectivity index (χ1) is 10.0. The van der Waals surface area contributed by atoms with Crippen LogP contribution in [0.15, 0.2) is 12.3 Å². The maximum absolute atomic E-state index is 11.9. The summed E-state index contributed by atoms with van der Waals surface area (Å²) >= 11 is 6.05. The summed E-state index contributed by atoms with van der Waals surface area (Å²) in [5.74, 6) is 1.02. The second-order valence-electron chi connectivity index (χ2n) is 5.14. The SMILES string of the molecule is CCNc1ncc(C(=O)NCCOCCC(C)C)cc1Cl. The molecule has 0 aliphatic heterocycles. The van der Waals surface area contributed by atoms with E-state index in [9.17, 15) is 4.79 Å². The van der Waals surface area contributed by atoms with Gasteiger partial charge in [-0.15, -0.1) is 0 Å². The Bertz CT molecular complexity index is 453. The molecule has 0 bridgehead atoms. The number of hydrogen-bond acceptors (Lipinski definition) is 4. The monoisotopic (exact) mass is 313 g/mol. The summed E-state index contributed by atoms with van der Waals surface area (Å²) in [6, 6.07) is 1.61. The fourth-order valence-electron chi connectivity index (χ4n) is 1.62. The Labute approximate surface area is 131 Å². The lowest BCUT2D eigenvalue weighted by atomic mass is 10.1. The van der Waals surface area contributed by atoms with Gasteiger partial charge in [0.25, 0.3) is 5.91 Å². The minimum atomic E-state index is -0.195. The number of nitrogens with one attached hydrogen (secondary N) is 2. The van der Waals surface area contributed by atoms with E-state index in [1.54, 1.807) is 6.07 Å². The standard InChI is InChI=1S/C15H24ClN3O2/c1-4-17-14-13(16)9-12(10-19-14)15(20)18-6-8-21-7-5-11(2)3/h9-11H,4-8H2,1-3H3,(H,17,19)(H,18,20). The highest BCUT2D eigenvalue weighted by Crippen LogP contribution is 2.19. The number of halogens is 1. The largest absolute Gasteiger partial charge is 0.380 e. The summed E-state index contributed by atoms with van der Waals surface area (Å²) in [6.45, 7) is 8.69. The quantitative estimate of drug-likeness (QED) is 0.688. The molecule has 21 heavy (non-hydrogen) atoms. The van der Waals surface area contributed by atoms with Crippen molar-refractivity contribution in [3.63, 3.8) is 0 Å². The van der Waals surface area contributed by atoms with Gasteiger partial charge in [0.1, 0.15) is 5.82 Å². The average Bonchev–Trinajstić information content (AvgIpc) is 2.44. The summed E-state index contributed by atoms with van der Waals surface area (Å²) in [7, 11) is 0. The topological polar surface area (TPSA) is 63.2 Å². The summed E-state index contributed by atoms with van der Waals surface area (Å²) in [5.41, 5.74) is 0.448. The highest BCUT2D eigenvalue weighted by molar-refractivity contribution is 6.33. The zero-order chi connectivity index (χ0) is 15.7. The molecule has 5 nitrogen and oxygen atoms in total. The van der Waals surface area contributed by atoms with E-state index in [1.165, 1.54) is 6.20 Å². The summed E-state index contributed by atoms with van der Waals surface area (Å²) in [6.07, 6.45) is 2.54. The molecule has 0 saturated carbocycles. The van der Waals surface area contributed by atoms with Gasteiger partial charge < -0.3 is 15.4 Å². The van der Waals surface area contributed by atoms with E-state index in [0.29, 0.717) is 35.5 Å². The number of rotatable bonds is 9. The fraction of sp³-hybridized carbons (Fsp3) is 0.600. The molecular formula is C15H24ClN3O2. The molecule has 0 aliphatic carbocycles. The van der Waals surface area contributed by atoms with Gasteiger partial charge >= 0.3 is 0 Å². The predicted molar refractivity (Wildman–Crippen MR) is 86.0 cm³/mol. The van der Waals surface area contributed by atoms with Gasteiger partial charge in [0.15, 0.2) is 0 Å². The molecule has 0 spiro atoms. The van der Waals surface area contributed by atoms with E-state index in [4.69, 9.17) is 16.3 Å². The van der Waals surface area contributed by atoms with Gasteiger partial charge in [0.2, 0.25) is 0 Å². The van der Waals surface area contributed by atoms with Crippen LogP contribution in [0, 0.1) is 5.92 Å². The fourth-order valence-corrected chi connectivity index (χ4v) is 1.85. The second kappa shape index (κ2) is 9.58. The summed E-state index contributed by atoms with van der Waals surface area (Å²) in [4.78, 5) is 16.1. The summed E-state index contributed by atoms with van der Waals surface area (Å²) < 4.78 is 5.44. The molecule has 1 aromatic rings. The highest BCUT2D eigenvalue weighted by atomic mass is 35.5. The van der Waals surface area contributed by atoms with Crippen LogP contribution in [0.3, 0.4) is 0 Å². The van der Waals surface area contributed by atoms with E-state index in [2.05, 4.69) is 29.5 Å². The molecule has 2 N–H and O–H groups in total. The lowest BCUT2D eigenvalue weighted by Crippen LogP contribution is -2.27. The van der Waals surface area contributed by atoms with Crippen LogP contribution < -0.4 is 10.6 Å². The zero-order valence-corrected chi connectivity index (χ0v) is 13.7. The molecule has 6 heteroatoms. The lowest BCUT2D eigenvalue weighted by molar-refractivity contribution is 0.0905. The minimum Gasteiger partial charge on any atom is -0.380 e. The van der Waals surface area contributed by atoms with Gasteiger partial charge in [-0.05, 0) is 25.3 Å². The van der Waals surface area contributed by atoms with Crippen LogP contribution in [-0.2, 0) is 4.74 Å². The van der Waals surface area contributed by atoms with Crippen molar-refractivity contribution in [3.8, 4) is 0 Å². The zero-order valence-electron chi connectivity index (χ0n) is 12.9. The Morgan fingerprint density at radius 3 is 2.81 bits per heavy atom. The number of carbonyl (C=O) groups excluding carboxylic acids is 1. The Balaban J connectivity index is 2.33. The number of aromatic nitrogens is 1. The van der Waals surface area contributed by atoms with E-state index in [-0.39, 0.29) is 5.91 Å². The normalized spacial score (nSPS) is 10.7. The van der Waals surface area contributed by atoms with Crippen LogP contribution in [-0.4, -0.2) is 37.2 Å². The third-order valence-corrected chi connectivity index (χ3v) is 3.11. The first kappa shape index (κ1) is 17.7. The second-order valence-corrected chi connectivity index (χ2v) is 5.54. The molecule has 0 aromatic carbocycles. The smallest absolute Gasteiger partial charge is 0.252 e. The van der Waals surface area contributed by atoms with Crippen molar-refractivity contribution in [1.82, 2.24) is 10.3 Å².